The van der Waals surface area contributed by atoms with Gasteiger partial charge in [-0.3, -0.25) is 0 Å². The number of nitrogens with zero attached hydrogens (tertiary/aromatic N) is 4. The number of fused-ring (bicyclic) bond motifs is 2. The minimum atomic E-state index is 0.547. The molecule has 0 aliphatic heterocycles. The molecule has 1 aliphatic carbocycles. The van der Waals surface area contributed by atoms with Gasteiger partial charge in [0.05, 0.1) is 5.69 Å². The Labute approximate surface area is 129 Å². The van der Waals surface area contributed by atoms with Crippen LogP contribution in [0.3, 0.4) is 0 Å². The lowest BCUT2D eigenvalue weighted by Gasteiger charge is -2.16. The Balaban J connectivity index is 1.78. The first-order valence-corrected chi connectivity index (χ1v) is 7.89. The lowest BCUT2D eigenvalue weighted by Crippen LogP contribution is -2.08. The fourth-order valence-electron chi connectivity index (χ4n) is 3.17. The third-order valence-electron chi connectivity index (χ3n) is 4.34. The zero-order valence-corrected chi connectivity index (χ0v) is 12.5. The highest BCUT2D eigenvalue weighted by Crippen LogP contribution is 2.26. The Kier molecular flexibility index (Phi) is 3.35. The van der Waals surface area contributed by atoms with Gasteiger partial charge in [-0.15, -0.1) is 10.2 Å². The number of benzene rings is 1. The summed E-state index contributed by atoms with van der Waals surface area (Å²) in [5, 5.41) is 13.0. The van der Waals surface area contributed by atoms with E-state index in [0.717, 1.165) is 22.7 Å². The minimum Gasteiger partial charge on any atom is -0.330 e. The van der Waals surface area contributed by atoms with Gasteiger partial charge in [0.1, 0.15) is 0 Å². The van der Waals surface area contributed by atoms with Crippen molar-refractivity contribution in [3.05, 3.63) is 47.3 Å². The first-order chi connectivity index (χ1) is 10.8. The van der Waals surface area contributed by atoms with Crippen molar-refractivity contribution in [3.8, 4) is 11.3 Å². The number of aryl methyl sites for hydroxylation is 2. The van der Waals surface area contributed by atoms with E-state index in [2.05, 4.69) is 28.4 Å². The summed E-state index contributed by atoms with van der Waals surface area (Å²) in [5.74, 6) is 0.817. The van der Waals surface area contributed by atoms with Gasteiger partial charge in [0, 0.05) is 12.0 Å². The number of nitrogens with two attached hydrogens (primary N) is 1. The highest BCUT2D eigenvalue weighted by molar-refractivity contribution is 5.62. The second kappa shape index (κ2) is 5.50. The summed E-state index contributed by atoms with van der Waals surface area (Å²) in [6.45, 7) is 0.547. The molecule has 22 heavy (non-hydrogen) atoms. The van der Waals surface area contributed by atoms with Crippen LogP contribution in [0.2, 0.25) is 0 Å². The van der Waals surface area contributed by atoms with Crippen molar-refractivity contribution in [3.63, 3.8) is 0 Å². The molecule has 5 heteroatoms. The van der Waals surface area contributed by atoms with Crippen LogP contribution in [0.1, 0.15) is 29.8 Å². The molecule has 0 atom stereocenters. The van der Waals surface area contributed by atoms with Crippen LogP contribution >= 0.6 is 0 Å². The molecule has 5 nitrogen and oxygen atoms in total. The second-order valence-electron chi connectivity index (χ2n) is 5.83. The van der Waals surface area contributed by atoms with Gasteiger partial charge >= 0.3 is 0 Å². The Morgan fingerprint density at radius 2 is 1.86 bits per heavy atom. The standard InChI is InChI=1S/C17H19N5/c18-10-9-17-20-19-16-8-7-15(21-22(16)17)14-6-5-12-3-1-2-4-13(12)11-14/h5-8,11H,1-4,9-10,18H2. The molecule has 2 heterocycles. The van der Waals surface area contributed by atoms with Crippen LogP contribution < -0.4 is 5.73 Å². The van der Waals surface area contributed by atoms with E-state index in [1.807, 2.05) is 16.6 Å². The van der Waals surface area contributed by atoms with Crippen molar-refractivity contribution in [1.82, 2.24) is 19.8 Å². The molecule has 1 aromatic carbocycles. The van der Waals surface area contributed by atoms with Gasteiger partial charge < -0.3 is 5.73 Å². The Bertz CT molecular complexity index is 821. The van der Waals surface area contributed by atoms with Crippen LogP contribution in [-0.2, 0) is 19.3 Å². The zero-order chi connectivity index (χ0) is 14.9. The van der Waals surface area contributed by atoms with Crippen LogP contribution in [0.25, 0.3) is 16.9 Å². The van der Waals surface area contributed by atoms with Gasteiger partial charge in [-0.05, 0) is 61.6 Å². The smallest absolute Gasteiger partial charge is 0.177 e. The summed E-state index contributed by atoms with van der Waals surface area (Å²) in [6, 6.07) is 10.7. The van der Waals surface area contributed by atoms with Crippen LogP contribution in [-0.4, -0.2) is 26.4 Å². The fourth-order valence-corrected chi connectivity index (χ4v) is 3.17. The maximum absolute atomic E-state index is 5.63. The molecule has 2 N–H and O–H groups in total. The van der Waals surface area contributed by atoms with E-state index in [0.29, 0.717) is 13.0 Å². The maximum atomic E-state index is 5.63. The maximum Gasteiger partial charge on any atom is 0.177 e. The van der Waals surface area contributed by atoms with Crippen molar-refractivity contribution in [1.29, 1.82) is 0 Å². The minimum absolute atomic E-state index is 0.547. The van der Waals surface area contributed by atoms with Gasteiger partial charge in [0.15, 0.2) is 11.5 Å². The van der Waals surface area contributed by atoms with E-state index in [1.165, 1.54) is 36.8 Å². The number of rotatable bonds is 3. The summed E-state index contributed by atoms with van der Waals surface area (Å²) in [6.07, 6.45) is 5.65. The quantitative estimate of drug-likeness (QED) is 0.803. The molecule has 4 rings (SSSR count). The molecule has 1 aliphatic rings. The Morgan fingerprint density at radius 1 is 1.00 bits per heavy atom. The third kappa shape index (κ3) is 2.27. The summed E-state index contributed by atoms with van der Waals surface area (Å²) in [5.41, 5.74) is 11.5. The number of hydrogen-bond donors (Lipinski definition) is 1. The first kappa shape index (κ1) is 13.4. The van der Waals surface area contributed by atoms with E-state index >= 15 is 0 Å². The lowest BCUT2D eigenvalue weighted by atomic mass is 9.90. The van der Waals surface area contributed by atoms with E-state index in [9.17, 15) is 0 Å². The molecule has 0 fully saturated rings. The predicted octanol–water partition coefficient (Wildman–Crippen LogP) is 2.17. The van der Waals surface area contributed by atoms with E-state index in [4.69, 9.17) is 10.8 Å². The van der Waals surface area contributed by atoms with E-state index in [-0.39, 0.29) is 0 Å². The molecule has 0 amide bonds. The molecule has 0 radical (unpaired) electrons. The normalized spacial score (nSPS) is 14.2. The topological polar surface area (TPSA) is 69.1 Å². The van der Waals surface area contributed by atoms with Crippen molar-refractivity contribution in [2.75, 3.05) is 6.54 Å². The van der Waals surface area contributed by atoms with Crippen LogP contribution in [0.4, 0.5) is 0 Å². The van der Waals surface area contributed by atoms with Crippen molar-refractivity contribution in [2.24, 2.45) is 5.73 Å². The zero-order valence-electron chi connectivity index (χ0n) is 12.5. The van der Waals surface area contributed by atoms with Crippen LogP contribution in [0.5, 0.6) is 0 Å². The molecule has 0 saturated heterocycles. The average Bonchev–Trinajstić information content (AvgIpc) is 2.97. The first-order valence-electron chi connectivity index (χ1n) is 7.89. The van der Waals surface area contributed by atoms with Crippen molar-refractivity contribution in [2.45, 2.75) is 32.1 Å². The summed E-state index contributed by atoms with van der Waals surface area (Å²) in [7, 11) is 0. The fraction of sp³-hybridized carbons (Fsp3) is 0.353. The highest BCUT2D eigenvalue weighted by atomic mass is 15.4. The SMILES string of the molecule is NCCc1nnc2ccc(-c3ccc4c(c3)CCCC4)nn12. The molecule has 0 saturated carbocycles. The third-order valence-corrected chi connectivity index (χ3v) is 4.34. The van der Waals surface area contributed by atoms with E-state index < -0.39 is 0 Å². The summed E-state index contributed by atoms with van der Waals surface area (Å²) in [4.78, 5) is 0. The summed E-state index contributed by atoms with van der Waals surface area (Å²) < 4.78 is 1.81. The number of aromatic nitrogens is 4. The monoisotopic (exact) mass is 293 g/mol. The molecule has 0 unspecified atom stereocenters. The molecule has 112 valence electrons. The van der Waals surface area contributed by atoms with Crippen LogP contribution in [0, 0.1) is 0 Å². The van der Waals surface area contributed by atoms with Gasteiger partial charge in [-0.25, -0.2) is 0 Å². The van der Waals surface area contributed by atoms with Gasteiger partial charge in [0.25, 0.3) is 0 Å². The van der Waals surface area contributed by atoms with Crippen molar-refractivity contribution < 1.29 is 0 Å². The Hall–Kier alpha value is -2.27. The van der Waals surface area contributed by atoms with Crippen molar-refractivity contribution >= 4 is 5.65 Å². The molecule has 2 aromatic heterocycles. The molecule has 3 aromatic rings. The van der Waals surface area contributed by atoms with Crippen LogP contribution in [0.15, 0.2) is 30.3 Å². The molecule has 0 spiro atoms. The van der Waals surface area contributed by atoms with Gasteiger partial charge in [0.2, 0.25) is 0 Å². The molecular formula is C17H19N5. The van der Waals surface area contributed by atoms with E-state index in [1.54, 1.807) is 0 Å². The Morgan fingerprint density at radius 3 is 2.73 bits per heavy atom. The largest absolute Gasteiger partial charge is 0.330 e. The van der Waals surface area contributed by atoms with Gasteiger partial charge in [-0.1, -0.05) is 12.1 Å². The molecule has 0 bridgehead atoms. The van der Waals surface area contributed by atoms with Gasteiger partial charge in [-0.2, -0.15) is 9.61 Å². The number of hydrogen-bond acceptors (Lipinski definition) is 4. The summed E-state index contributed by atoms with van der Waals surface area (Å²) >= 11 is 0. The average molecular weight is 293 g/mol. The second-order valence-corrected chi connectivity index (χ2v) is 5.83. The highest BCUT2D eigenvalue weighted by Gasteiger charge is 2.12. The molecular weight excluding hydrogens is 274 g/mol. The predicted molar refractivity (Wildman–Crippen MR) is 85.6 cm³/mol. The lowest BCUT2D eigenvalue weighted by molar-refractivity contribution is 0.686.